The molecule has 0 aliphatic heterocycles. The summed E-state index contributed by atoms with van der Waals surface area (Å²) in [5, 5.41) is 3.83. The van der Waals surface area contributed by atoms with E-state index < -0.39 is 0 Å². The average molecular weight is 233 g/mol. The van der Waals surface area contributed by atoms with E-state index in [0.717, 1.165) is 25.1 Å². The van der Waals surface area contributed by atoms with Crippen molar-refractivity contribution in [1.82, 2.24) is 9.98 Å². The molecule has 1 N–H and O–H groups in total. The quantitative estimate of drug-likeness (QED) is 0.329. The molecule has 84 valence electrons. The van der Waals surface area contributed by atoms with Crippen LogP contribution in [0.2, 0.25) is 0 Å². The van der Waals surface area contributed by atoms with Crippen molar-refractivity contribution in [3.05, 3.63) is 35.4 Å². The molecular weight excluding hydrogens is 216 g/mol. The van der Waals surface area contributed by atoms with E-state index in [0.29, 0.717) is 5.17 Å². The van der Waals surface area contributed by atoms with Crippen LogP contribution in [0.4, 0.5) is 0 Å². The SMILES string of the molecule is CCNC(S)=[N+]=C1CCCc2ccccc21. The molecule has 1 aromatic rings. The van der Waals surface area contributed by atoms with Gasteiger partial charge in [-0.3, -0.25) is 5.32 Å². The summed E-state index contributed by atoms with van der Waals surface area (Å²) in [6.45, 7) is 2.91. The molecule has 0 atom stereocenters. The van der Waals surface area contributed by atoms with E-state index in [1.165, 1.54) is 17.5 Å². The van der Waals surface area contributed by atoms with E-state index in [2.05, 4.69) is 46.9 Å². The van der Waals surface area contributed by atoms with Gasteiger partial charge in [0, 0.05) is 12.0 Å². The third-order valence-electron chi connectivity index (χ3n) is 2.76. The van der Waals surface area contributed by atoms with Gasteiger partial charge in [-0.15, -0.1) is 0 Å². The summed E-state index contributed by atoms with van der Waals surface area (Å²) in [7, 11) is 0. The first kappa shape index (κ1) is 11.3. The van der Waals surface area contributed by atoms with Gasteiger partial charge in [0.2, 0.25) is 5.71 Å². The second-order valence-electron chi connectivity index (χ2n) is 3.92. The Morgan fingerprint density at radius 2 is 2.19 bits per heavy atom. The molecule has 0 radical (unpaired) electrons. The third-order valence-corrected chi connectivity index (χ3v) is 3.02. The fraction of sp³-hybridized carbons (Fsp3) is 0.385. The Hall–Kier alpha value is -1.18. The van der Waals surface area contributed by atoms with E-state index in [1.54, 1.807) is 0 Å². The number of nitrogens with one attached hydrogen (secondary N) is 1. The van der Waals surface area contributed by atoms with Crippen molar-refractivity contribution in [3.8, 4) is 0 Å². The van der Waals surface area contributed by atoms with Crippen LogP contribution in [0.3, 0.4) is 0 Å². The van der Waals surface area contributed by atoms with Crippen molar-refractivity contribution in [3.63, 3.8) is 0 Å². The van der Waals surface area contributed by atoms with Gasteiger partial charge in [0.05, 0.1) is 6.54 Å². The minimum absolute atomic E-state index is 0.717. The molecule has 0 saturated carbocycles. The standard InChI is InChI=1S/C13H16N2S/c1-2-14-13(16)15-12-9-5-7-10-6-3-4-8-11(10)12/h3-4,6,8H,2,5,7,9H2,1H3,(H,14,16)/p+1. The smallest absolute Gasteiger partial charge is 0.255 e. The normalized spacial score (nSPS) is 14.0. The minimum atomic E-state index is 0.717. The number of hydrogen-bond donors (Lipinski definition) is 2. The van der Waals surface area contributed by atoms with Crippen LogP contribution in [-0.2, 0) is 6.42 Å². The van der Waals surface area contributed by atoms with Crippen LogP contribution in [-0.4, -0.2) is 17.4 Å². The molecule has 0 amide bonds. The van der Waals surface area contributed by atoms with Crippen molar-refractivity contribution >= 4 is 23.5 Å². The zero-order valence-corrected chi connectivity index (χ0v) is 10.4. The molecule has 0 spiro atoms. The molecule has 0 fully saturated rings. The Morgan fingerprint density at radius 3 is 3.00 bits per heavy atom. The fourth-order valence-electron chi connectivity index (χ4n) is 2.04. The topological polar surface area (TPSA) is 26.1 Å². The summed E-state index contributed by atoms with van der Waals surface area (Å²) >= 11 is 4.33. The number of amidine groups is 1. The van der Waals surface area contributed by atoms with Crippen molar-refractivity contribution in [2.45, 2.75) is 26.2 Å². The fourth-order valence-corrected chi connectivity index (χ4v) is 2.32. The van der Waals surface area contributed by atoms with Crippen molar-refractivity contribution < 1.29 is 0 Å². The van der Waals surface area contributed by atoms with E-state index in [1.807, 2.05) is 6.92 Å². The minimum Gasteiger partial charge on any atom is -0.255 e. The molecule has 0 aromatic heterocycles. The second kappa shape index (κ2) is 5.24. The molecule has 1 aliphatic rings. The van der Waals surface area contributed by atoms with Crippen LogP contribution in [0, 0.1) is 0 Å². The number of benzene rings is 1. The van der Waals surface area contributed by atoms with Crippen LogP contribution < -0.4 is 9.98 Å². The van der Waals surface area contributed by atoms with Gasteiger partial charge in [-0.2, -0.15) is 0 Å². The maximum absolute atomic E-state index is 4.55. The van der Waals surface area contributed by atoms with Crippen molar-refractivity contribution in [2.24, 2.45) is 0 Å². The molecule has 0 unspecified atom stereocenters. The highest BCUT2D eigenvalue weighted by atomic mass is 32.1. The molecular formula is C13H17N2S+. The number of aryl methyl sites for hydroxylation is 1. The molecule has 0 bridgehead atoms. The zero-order valence-electron chi connectivity index (χ0n) is 9.53. The lowest BCUT2D eigenvalue weighted by molar-refractivity contribution is 0.837. The summed E-state index contributed by atoms with van der Waals surface area (Å²) < 4.78 is 4.55. The van der Waals surface area contributed by atoms with Crippen molar-refractivity contribution in [1.29, 1.82) is 0 Å². The predicted molar refractivity (Wildman–Crippen MR) is 73.3 cm³/mol. The van der Waals surface area contributed by atoms with Gasteiger partial charge < -0.3 is 0 Å². The van der Waals surface area contributed by atoms with Crippen LogP contribution in [0.25, 0.3) is 0 Å². The summed E-state index contributed by atoms with van der Waals surface area (Å²) in [4.78, 5) is 0. The Kier molecular flexibility index (Phi) is 3.70. The van der Waals surface area contributed by atoms with E-state index in [4.69, 9.17) is 0 Å². The van der Waals surface area contributed by atoms with Gasteiger partial charge in [0.25, 0.3) is 0 Å². The molecule has 2 rings (SSSR count). The first-order valence-corrected chi connectivity index (χ1v) is 6.21. The second-order valence-corrected chi connectivity index (χ2v) is 4.35. The van der Waals surface area contributed by atoms with Crippen LogP contribution in [0.1, 0.15) is 30.9 Å². The maximum Gasteiger partial charge on any atom is 0.401 e. The van der Waals surface area contributed by atoms with Gasteiger partial charge in [-0.25, -0.2) is 4.67 Å². The monoisotopic (exact) mass is 233 g/mol. The third kappa shape index (κ3) is 2.49. The van der Waals surface area contributed by atoms with Gasteiger partial charge in [0.1, 0.15) is 0 Å². The lowest BCUT2D eigenvalue weighted by Crippen LogP contribution is -2.23. The van der Waals surface area contributed by atoms with Crippen LogP contribution in [0.15, 0.2) is 24.3 Å². The average Bonchev–Trinajstić information content (AvgIpc) is 2.30. The Morgan fingerprint density at radius 1 is 1.38 bits per heavy atom. The number of fused-ring (bicyclic) bond motifs is 1. The predicted octanol–water partition coefficient (Wildman–Crippen LogP) is 1.77. The highest BCUT2D eigenvalue weighted by molar-refractivity contribution is 7.96. The summed E-state index contributed by atoms with van der Waals surface area (Å²) in [6.07, 6.45) is 3.40. The number of hydrogen-bond acceptors (Lipinski definition) is 0. The molecule has 1 aliphatic carbocycles. The largest absolute Gasteiger partial charge is 0.401 e. The summed E-state index contributed by atoms with van der Waals surface area (Å²) in [5.74, 6) is 0. The van der Waals surface area contributed by atoms with Gasteiger partial charge in [-0.05, 0) is 44.0 Å². The summed E-state index contributed by atoms with van der Waals surface area (Å²) in [5.41, 5.74) is 3.86. The summed E-state index contributed by atoms with van der Waals surface area (Å²) in [6, 6.07) is 8.51. The van der Waals surface area contributed by atoms with E-state index in [-0.39, 0.29) is 0 Å². The number of nitrogens with zero attached hydrogens (tertiary/aromatic N) is 1. The van der Waals surface area contributed by atoms with Crippen molar-refractivity contribution in [2.75, 3.05) is 6.54 Å². The van der Waals surface area contributed by atoms with Gasteiger partial charge in [-0.1, -0.05) is 18.2 Å². The number of thiol groups is 1. The first-order valence-electron chi connectivity index (χ1n) is 5.77. The van der Waals surface area contributed by atoms with Gasteiger partial charge >= 0.3 is 5.17 Å². The molecule has 1 aromatic carbocycles. The molecule has 0 heterocycles. The Labute approximate surface area is 102 Å². The van der Waals surface area contributed by atoms with Crippen LogP contribution in [0.5, 0.6) is 0 Å². The molecule has 0 saturated heterocycles. The van der Waals surface area contributed by atoms with E-state index >= 15 is 0 Å². The Bertz CT molecular complexity index is 445. The Balaban J connectivity index is 2.42. The molecule has 16 heavy (non-hydrogen) atoms. The lowest BCUT2D eigenvalue weighted by atomic mass is 9.90. The zero-order chi connectivity index (χ0) is 11.4. The van der Waals surface area contributed by atoms with E-state index in [9.17, 15) is 0 Å². The van der Waals surface area contributed by atoms with Crippen LogP contribution >= 0.6 is 12.6 Å². The highest BCUT2D eigenvalue weighted by Crippen LogP contribution is 2.19. The molecule has 2 nitrogen and oxygen atoms in total. The first-order chi connectivity index (χ1) is 7.81. The number of rotatable bonds is 1. The lowest BCUT2D eigenvalue weighted by Gasteiger charge is -2.12. The highest BCUT2D eigenvalue weighted by Gasteiger charge is 2.18. The molecule has 3 heteroatoms. The maximum atomic E-state index is 4.55. The van der Waals surface area contributed by atoms with Gasteiger partial charge in [0.15, 0.2) is 0 Å².